The summed E-state index contributed by atoms with van der Waals surface area (Å²) in [6, 6.07) is 4.76. The molecule has 2 heterocycles. The molecule has 22 heavy (non-hydrogen) atoms. The van der Waals surface area contributed by atoms with Crippen molar-refractivity contribution in [2.24, 2.45) is 5.92 Å². The van der Waals surface area contributed by atoms with Gasteiger partial charge >= 0.3 is 0 Å². The number of aryl methyl sites for hydroxylation is 1. The Morgan fingerprint density at radius 2 is 2.05 bits per heavy atom. The van der Waals surface area contributed by atoms with Crippen molar-refractivity contribution in [2.45, 2.75) is 26.0 Å². The number of carbonyl (C=O) groups is 2. The molecule has 120 valence electrons. The third kappa shape index (κ3) is 3.04. The number of aliphatic hydroxyl groups is 1. The first-order valence-electron chi connectivity index (χ1n) is 7.16. The topological polar surface area (TPSA) is 91.6 Å². The van der Waals surface area contributed by atoms with Gasteiger partial charge in [0.05, 0.1) is 12.5 Å². The van der Waals surface area contributed by atoms with Crippen molar-refractivity contribution < 1.29 is 14.7 Å². The van der Waals surface area contributed by atoms with Crippen molar-refractivity contribution in [3.63, 3.8) is 0 Å². The Kier molecular flexibility index (Phi) is 4.37. The number of rotatable bonds is 4. The van der Waals surface area contributed by atoms with E-state index in [-0.39, 0.29) is 37.0 Å². The maximum atomic E-state index is 12.4. The lowest BCUT2D eigenvalue weighted by Crippen LogP contribution is -2.61. The zero-order valence-corrected chi connectivity index (χ0v) is 13.0. The van der Waals surface area contributed by atoms with E-state index in [1.807, 2.05) is 0 Å². The van der Waals surface area contributed by atoms with Gasteiger partial charge in [0, 0.05) is 31.9 Å². The molecule has 2 amide bonds. The van der Waals surface area contributed by atoms with Crippen LogP contribution < -0.4 is 10.9 Å². The average molecular weight is 307 g/mol. The zero-order chi connectivity index (χ0) is 16.5. The Hall–Kier alpha value is -2.15. The van der Waals surface area contributed by atoms with Gasteiger partial charge in [-0.1, -0.05) is 6.07 Å². The molecule has 1 unspecified atom stereocenters. The highest BCUT2D eigenvalue weighted by molar-refractivity contribution is 5.88. The maximum absolute atomic E-state index is 12.4. The van der Waals surface area contributed by atoms with E-state index < -0.39 is 11.5 Å². The first kappa shape index (κ1) is 16.2. The second-order valence-corrected chi connectivity index (χ2v) is 5.89. The first-order valence-corrected chi connectivity index (χ1v) is 7.16. The predicted molar refractivity (Wildman–Crippen MR) is 80.2 cm³/mol. The summed E-state index contributed by atoms with van der Waals surface area (Å²) in [4.78, 5) is 37.1. The van der Waals surface area contributed by atoms with Crippen LogP contribution in [-0.4, -0.2) is 52.1 Å². The van der Waals surface area contributed by atoms with Gasteiger partial charge in [-0.3, -0.25) is 14.4 Å². The summed E-state index contributed by atoms with van der Waals surface area (Å²) < 4.78 is 1.37. The monoisotopic (exact) mass is 307 g/mol. The Labute approximate surface area is 128 Å². The van der Waals surface area contributed by atoms with Crippen molar-refractivity contribution in [2.75, 3.05) is 20.1 Å². The third-order valence-electron chi connectivity index (χ3n) is 3.98. The summed E-state index contributed by atoms with van der Waals surface area (Å²) in [6.45, 7) is 3.60. The van der Waals surface area contributed by atoms with Crippen LogP contribution in [0.25, 0.3) is 0 Å². The summed E-state index contributed by atoms with van der Waals surface area (Å²) in [5.74, 6) is -0.812. The summed E-state index contributed by atoms with van der Waals surface area (Å²) in [5.41, 5.74) is -1.28. The number of nitrogens with one attached hydrogen (secondary N) is 1. The number of hydrogen-bond donors (Lipinski definition) is 2. The molecule has 7 heteroatoms. The molecule has 1 atom stereocenters. The largest absolute Gasteiger partial charge is 0.378 e. The minimum Gasteiger partial charge on any atom is -0.378 e. The van der Waals surface area contributed by atoms with Crippen LogP contribution in [0.5, 0.6) is 0 Å². The maximum Gasteiger partial charge on any atom is 0.256 e. The van der Waals surface area contributed by atoms with Gasteiger partial charge < -0.3 is 19.9 Å². The molecule has 1 saturated heterocycles. The van der Waals surface area contributed by atoms with Crippen molar-refractivity contribution in [1.82, 2.24) is 14.8 Å². The Morgan fingerprint density at radius 1 is 1.41 bits per heavy atom. The molecule has 2 rings (SSSR count). The number of aromatic nitrogens is 1. The van der Waals surface area contributed by atoms with Gasteiger partial charge in [-0.2, -0.15) is 0 Å². The molecular formula is C15H21N3O4. The molecule has 1 fully saturated rings. The molecule has 0 bridgehead atoms. The lowest BCUT2D eigenvalue weighted by molar-refractivity contribution is -0.159. The van der Waals surface area contributed by atoms with E-state index in [4.69, 9.17) is 0 Å². The number of pyridine rings is 1. The smallest absolute Gasteiger partial charge is 0.256 e. The van der Waals surface area contributed by atoms with E-state index in [1.54, 1.807) is 26.1 Å². The number of carbonyl (C=O) groups excluding carboxylic acids is 2. The third-order valence-corrected chi connectivity index (χ3v) is 3.98. The van der Waals surface area contributed by atoms with Gasteiger partial charge in [0.25, 0.3) is 11.5 Å². The van der Waals surface area contributed by atoms with Gasteiger partial charge in [0.15, 0.2) is 5.60 Å². The predicted octanol–water partition coefficient (Wildman–Crippen LogP) is -0.888. The highest BCUT2D eigenvalue weighted by Gasteiger charge is 2.42. The summed E-state index contributed by atoms with van der Waals surface area (Å²) >= 11 is 0. The van der Waals surface area contributed by atoms with Gasteiger partial charge in [-0.25, -0.2) is 0 Å². The van der Waals surface area contributed by atoms with Gasteiger partial charge in [0.1, 0.15) is 0 Å². The zero-order valence-electron chi connectivity index (χ0n) is 13.0. The van der Waals surface area contributed by atoms with Crippen LogP contribution in [0.3, 0.4) is 0 Å². The van der Waals surface area contributed by atoms with E-state index in [9.17, 15) is 19.5 Å². The van der Waals surface area contributed by atoms with Crippen LogP contribution >= 0.6 is 0 Å². The van der Waals surface area contributed by atoms with Crippen LogP contribution in [-0.2, 0) is 16.1 Å². The molecular weight excluding hydrogens is 286 g/mol. The van der Waals surface area contributed by atoms with Crippen LogP contribution in [0.1, 0.15) is 12.6 Å². The summed E-state index contributed by atoms with van der Waals surface area (Å²) in [7, 11) is 1.55. The SMILES string of the molecule is CNC(=O)C1CN(C(=O)C(C)(O)Cn2c(C)cccc2=O)C1. The minimum absolute atomic E-state index is 0.112. The summed E-state index contributed by atoms with van der Waals surface area (Å²) in [5, 5.41) is 13.0. The van der Waals surface area contributed by atoms with E-state index in [1.165, 1.54) is 22.5 Å². The quantitative estimate of drug-likeness (QED) is 0.755. The lowest BCUT2D eigenvalue weighted by Gasteiger charge is -2.41. The molecule has 2 N–H and O–H groups in total. The van der Waals surface area contributed by atoms with Gasteiger partial charge in [0.2, 0.25) is 5.91 Å². The van der Waals surface area contributed by atoms with Crippen LogP contribution in [0.2, 0.25) is 0 Å². The highest BCUT2D eigenvalue weighted by atomic mass is 16.3. The second kappa shape index (κ2) is 5.92. The lowest BCUT2D eigenvalue weighted by atomic mass is 9.95. The highest BCUT2D eigenvalue weighted by Crippen LogP contribution is 2.21. The van der Waals surface area contributed by atoms with Crippen molar-refractivity contribution in [3.8, 4) is 0 Å². The van der Waals surface area contributed by atoms with Crippen molar-refractivity contribution in [1.29, 1.82) is 0 Å². The standard InChI is InChI=1S/C15H21N3O4/c1-10-5-4-6-12(19)18(10)9-15(2,22)14(21)17-7-11(8-17)13(20)16-3/h4-6,11,22H,7-9H2,1-3H3,(H,16,20). The van der Waals surface area contributed by atoms with E-state index in [0.717, 1.165) is 0 Å². The molecule has 0 saturated carbocycles. The summed E-state index contributed by atoms with van der Waals surface area (Å²) in [6.07, 6.45) is 0. The number of likely N-dealkylation sites (tertiary alicyclic amines) is 1. The van der Waals surface area contributed by atoms with Crippen LogP contribution in [0.4, 0.5) is 0 Å². The molecule has 1 aliphatic rings. The fourth-order valence-corrected chi connectivity index (χ4v) is 2.56. The second-order valence-electron chi connectivity index (χ2n) is 5.89. The van der Waals surface area contributed by atoms with Gasteiger partial charge in [-0.05, 0) is 19.9 Å². The molecule has 1 aromatic rings. The number of nitrogens with zero attached hydrogens (tertiary/aromatic N) is 2. The molecule has 1 aliphatic heterocycles. The fraction of sp³-hybridized carbons (Fsp3) is 0.533. The van der Waals surface area contributed by atoms with E-state index in [0.29, 0.717) is 5.69 Å². The van der Waals surface area contributed by atoms with Crippen molar-refractivity contribution >= 4 is 11.8 Å². The number of hydrogen-bond acceptors (Lipinski definition) is 4. The Morgan fingerprint density at radius 3 is 2.59 bits per heavy atom. The van der Waals surface area contributed by atoms with E-state index in [2.05, 4.69) is 5.32 Å². The van der Waals surface area contributed by atoms with E-state index >= 15 is 0 Å². The Bertz CT molecular complexity index is 644. The van der Waals surface area contributed by atoms with Crippen LogP contribution in [0, 0.1) is 12.8 Å². The molecule has 0 spiro atoms. The fourth-order valence-electron chi connectivity index (χ4n) is 2.56. The van der Waals surface area contributed by atoms with Gasteiger partial charge in [-0.15, -0.1) is 0 Å². The number of amides is 2. The molecule has 7 nitrogen and oxygen atoms in total. The Balaban J connectivity index is 2.06. The van der Waals surface area contributed by atoms with Crippen LogP contribution in [0.15, 0.2) is 23.0 Å². The average Bonchev–Trinajstić information content (AvgIpc) is 2.41. The molecule has 0 radical (unpaired) electrons. The van der Waals surface area contributed by atoms with Crippen molar-refractivity contribution in [3.05, 3.63) is 34.2 Å². The molecule has 0 aromatic carbocycles. The molecule has 1 aromatic heterocycles. The normalized spacial score (nSPS) is 17.5. The minimum atomic E-state index is -1.69. The molecule has 0 aliphatic carbocycles. The first-order chi connectivity index (χ1) is 10.3.